The van der Waals surface area contributed by atoms with Crippen molar-refractivity contribution in [1.29, 1.82) is 0 Å². The summed E-state index contributed by atoms with van der Waals surface area (Å²) in [6.07, 6.45) is 10.7. The highest BCUT2D eigenvalue weighted by Gasteiger charge is 2.49. The van der Waals surface area contributed by atoms with Gasteiger partial charge in [0.25, 0.3) is 0 Å². The van der Waals surface area contributed by atoms with E-state index in [-0.39, 0.29) is 18.0 Å². The molecule has 5 rings (SSSR count). The van der Waals surface area contributed by atoms with Gasteiger partial charge in [0.05, 0.1) is 0 Å². The minimum atomic E-state index is 0.0975. The van der Waals surface area contributed by atoms with Crippen LogP contribution in [-0.4, -0.2) is 66.5 Å². The summed E-state index contributed by atoms with van der Waals surface area (Å²) in [7, 11) is 0. The molecule has 2 N–H and O–H groups in total. The average molecular weight is 467 g/mol. The predicted molar refractivity (Wildman–Crippen MR) is 134 cm³/mol. The van der Waals surface area contributed by atoms with Crippen LogP contribution >= 0.6 is 0 Å². The number of nitrogens with one attached hydrogen (secondary N) is 2. The van der Waals surface area contributed by atoms with Gasteiger partial charge in [-0.15, -0.1) is 0 Å². The van der Waals surface area contributed by atoms with Crippen LogP contribution < -0.4 is 10.6 Å². The molecule has 4 aliphatic rings. The first kappa shape index (κ1) is 23.7. The molecule has 4 fully saturated rings. The second kappa shape index (κ2) is 11.1. The molecule has 0 aromatic heterocycles. The van der Waals surface area contributed by atoms with Crippen LogP contribution in [0.5, 0.6) is 0 Å². The van der Waals surface area contributed by atoms with Crippen molar-refractivity contribution in [2.24, 2.45) is 17.8 Å². The molecule has 186 valence electrons. The quantitative estimate of drug-likeness (QED) is 0.582. The van der Waals surface area contributed by atoms with E-state index in [1.807, 2.05) is 6.07 Å². The molecule has 4 atom stereocenters. The lowest BCUT2D eigenvalue weighted by Gasteiger charge is -2.57. The molecule has 6 heteroatoms. The zero-order valence-electron chi connectivity index (χ0n) is 20.6. The summed E-state index contributed by atoms with van der Waals surface area (Å²) in [5, 5.41) is 6.34. The van der Waals surface area contributed by atoms with Gasteiger partial charge in [-0.25, -0.2) is 4.79 Å². The first-order valence-corrected chi connectivity index (χ1v) is 13.8. The van der Waals surface area contributed by atoms with Gasteiger partial charge in [-0.3, -0.25) is 9.69 Å². The Kier molecular flexibility index (Phi) is 7.73. The summed E-state index contributed by atoms with van der Waals surface area (Å²) in [4.78, 5) is 30.7. The fourth-order valence-electron chi connectivity index (χ4n) is 6.80. The van der Waals surface area contributed by atoms with Gasteiger partial charge in [0.1, 0.15) is 0 Å². The Bertz CT molecular complexity index is 825. The Labute approximate surface area is 204 Å². The molecule has 34 heavy (non-hydrogen) atoms. The van der Waals surface area contributed by atoms with E-state index in [0.29, 0.717) is 36.8 Å². The van der Waals surface area contributed by atoms with Gasteiger partial charge < -0.3 is 15.5 Å². The highest BCUT2D eigenvalue weighted by Crippen LogP contribution is 2.43. The third kappa shape index (κ3) is 5.76. The number of rotatable bonds is 9. The Hall–Kier alpha value is -2.08. The summed E-state index contributed by atoms with van der Waals surface area (Å²) in [6, 6.07) is 11.3. The van der Waals surface area contributed by atoms with Gasteiger partial charge in [0.2, 0.25) is 5.91 Å². The number of urea groups is 1. The molecule has 0 radical (unpaired) electrons. The summed E-state index contributed by atoms with van der Waals surface area (Å²) in [5.74, 6) is 2.04. The van der Waals surface area contributed by atoms with Crippen molar-refractivity contribution >= 4 is 11.9 Å². The van der Waals surface area contributed by atoms with Crippen molar-refractivity contribution in [1.82, 2.24) is 20.4 Å². The summed E-state index contributed by atoms with van der Waals surface area (Å²) >= 11 is 0. The van der Waals surface area contributed by atoms with Crippen LogP contribution in [0.1, 0.15) is 63.4 Å². The van der Waals surface area contributed by atoms with E-state index in [1.165, 1.54) is 57.2 Å². The standard InChI is InChI=1S/C28H42N4O2/c33-26(30-19-22-13-14-22)12-4-11-25-24-10-6-18-31-17-5-9-23(27(24)31)20-32(25)28(34)29-16-15-21-7-2-1-3-8-21/h1-3,7-8,22-25,27H,4-6,9-20H2,(H,29,34)(H,30,33)/t23-,24+,25+,27-/m0/s1. The van der Waals surface area contributed by atoms with Crippen LogP contribution in [0.25, 0.3) is 0 Å². The molecule has 3 aliphatic heterocycles. The number of likely N-dealkylation sites (tertiary alicyclic amines) is 1. The Morgan fingerprint density at radius 1 is 0.971 bits per heavy atom. The molecular weight excluding hydrogens is 424 g/mol. The fraction of sp³-hybridized carbons (Fsp3) is 0.714. The van der Waals surface area contributed by atoms with Gasteiger partial charge >= 0.3 is 6.03 Å². The van der Waals surface area contributed by atoms with Crippen molar-refractivity contribution in [3.05, 3.63) is 35.9 Å². The van der Waals surface area contributed by atoms with Crippen molar-refractivity contribution < 1.29 is 9.59 Å². The van der Waals surface area contributed by atoms with Crippen molar-refractivity contribution in [2.45, 2.75) is 76.3 Å². The van der Waals surface area contributed by atoms with Crippen LogP contribution in [0.3, 0.4) is 0 Å². The van der Waals surface area contributed by atoms with Crippen LogP contribution in [-0.2, 0) is 11.2 Å². The van der Waals surface area contributed by atoms with E-state index >= 15 is 0 Å². The third-order valence-electron chi connectivity index (χ3n) is 8.65. The van der Waals surface area contributed by atoms with E-state index in [2.05, 4.69) is 44.7 Å². The third-order valence-corrected chi connectivity index (χ3v) is 8.65. The molecule has 3 heterocycles. The predicted octanol–water partition coefficient (Wildman–Crippen LogP) is 3.81. The molecule has 3 saturated heterocycles. The number of hydrogen-bond acceptors (Lipinski definition) is 3. The molecule has 1 aliphatic carbocycles. The largest absolute Gasteiger partial charge is 0.356 e. The monoisotopic (exact) mass is 466 g/mol. The van der Waals surface area contributed by atoms with Crippen molar-refractivity contribution in [3.63, 3.8) is 0 Å². The zero-order chi connectivity index (χ0) is 23.3. The van der Waals surface area contributed by atoms with Gasteiger partial charge in [-0.2, -0.15) is 0 Å². The zero-order valence-corrected chi connectivity index (χ0v) is 20.6. The van der Waals surface area contributed by atoms with E-state index in [0.717, 1.165) is 32.4 Å². The second-order valence-electron chi connectivity index (χ2n) is 11.1. The molecule has 3 amide bonds. The number of benzene rings is 1. The molecule has 1 aromatic rings. The fourth-order valence-corrected chi connectivity index (χ4v) is 6.80. The Morgan fingerprint density at radius 3 is 2.56 bits per heavy atom. The maximum absolute atomic E-state index is 13.4. The molecule has 0 spiro atoms. The molecular formula is C28H42N4O2. The van der Waals surface area contributed by atoms with Crippen LogP contribution in [0.4, 0.5) is 4.79 Å². The minimum absolute atomic E-state index is 0.0975. The van der Waals surface area contributed by atoms with Crippen molar-refractivity contribution in [3.8, 4) is 0 Å². The SMILES string of the molecule is O=C(CCC[C@@H]1[C@H]2CCCN3CCC[C@@H](CN1C(=O)NCCc1ccccc1)[C@@H]23)NCC1CC1. The van der Waals surface area contributed by atoms with Gasteiger partial charge in [-0.1, -0.05) is 30.3 Å². The smallest absolute Gasteiger partial charge is 0.317 e. The maximum atomic E-state index is 13.4. The lowest BCUT2D eigenvalue weighted by Crippen LogP contribution is -2.66. The van der Waals surface area contributed by atoms with Crippen LogP contribution in [0.15, 0.2) is 30.3 Å². The number of carbonyl (C=O) groups is 2. The van der Waals surface area contributed by atoms with E-state index in [1.54, 1.807) is 0 Å². The number of piperidine rings is 3. The first-order chi connectivity index (χ1) is 16.7. The number of carbonyl (C=O) groups excluding carboxylic acids is 2. The minimum Gasteiger partial charge on any atom is -0.356 e. The highest BCUT2D eigenvalue weighted by atomic mass is 16.2. The summed E-state index contributed by atoms with van der Waals surface area (Å²) in [5.41, 5.74) is 1.26. The molecule has 6 nitrogen and oxygen atoms in total. The van der Waals surface area contributed by atoms with E-state index < -0.39 is 0 Å². The van der Waals surface area contributed by atoms with Gasteiger partial charge in [0.15, 0.2) is 0 Å². The number of hydrogen-bond donors (Lipinski definition) is 2. The normalized spacial score (nSPS) is 28.8. The molecule has 1 aromatic carbocycles. The molecule has 1 saturated carbocycles. The number of amides is 3. The summed E-state index contributed by atoms with van der Waals surface area (Å²) in [6.45, 7) is 4.82. The van der Waals surface area contributed by atoms with Gasteiger partial charge in [0, 0.05) is 38.1 Å². The number of nitrogens with zero attached hydrogens (tertiary/aromatic N) is 2. The molecule has 0 unspecified atom stereocenters. The topological polar surface area (TPSA) is 64.7 Å². The maximum Gasteiger partial charge on any atom is 0.317 e. The average Bonchev–Trinajstić information content (AvgIpc) is 3.69. The Balaban J connectivity index is 1.21. The molecule has 0 bridgehead atoms. The lowest BCUT2D eigenvalue weighted by molar-refractivity contribution is -0.121. The van der Waals surface area contributed by atoms with Crippen molar-refractivity contribution in [2.75, 3.05) is 32.7 Å². The highest BCUT2D eigenvalue weighted by molar-refractivity contribution is 5.76. The Morgan fingerprint density at radius 2 is 1.76 bits per heavy atom. The van der Waals surface area contributed by atoms with Crippen LogP contribution in [0.2, 0.25) is 0 Å². The van der Waals surface area contributed by atoms with Gasteiger partial charge in [-0.05, 0) is 94.2 Å². The summed E-state index contributed by atoms with van der Waals surface area (Å²) < 4.78 is 0. The second-order valence-corrected chi connectivity index (χ2v) is 11.1. The van der Waals surface area contributed by atoms with E-state index in [9.17, 15) is 9.59 Å². The lowest BCUT2D eigenvalue weighted by atomic mass is 9.69. The first-order valence-electron chi connectivity index (χ1n) is 13.8. The van der Waals surface area contributed by atoms with Crippen LogP contribution in [0, 0.1) is 17.8 Å². The van der Waals surface area contributed by atoms with E-state index in [4.69, 9.17) is 0 Å².